The van der Waals surface area contributed by atoms with Gasteiger partial charge in [-0.3, -0.25) is 0 Å². The summed E-state index contributed by atoms with van der Waals surface area (Å²) in [4.78, 5) is 15.0. The van der Waals surface area contributed by atoms with Crippen molar-refractivity contribution in [1.29, 1.82) is 0 Å². The highest BCUT2D eigenvalue weighted by molar-refractivity contribution is 7.12. The fourth-order valence-electron chi connectivity index (χ4n) is 1.59. The molecule has 6 nitrogen and oxygen atoms in total. The van der Waals surface area contributed by atoms with Gasteiger partial charge in [-0.25, -0.2) is 9.48 Å². The van der Waals surface area contributed by atoms with Crippen molar-refractivity contribution in [2.24, 2.45) is 0 Å². The maximum Gasteiger partial charge on any atom is 0.346 e. The fourth-order valence-corrected chi connectivity index (χ4v) is 2.23. The molecule has 2 aromatic heterocycles. The van der Waals surface area contributed by atoms with E-state index >= 15 is 0 Å². The van der Waals surface area contributed by atoms with E-state index in [0.29, 0.717) is 5.75 Å². The van der Waals surface area contributed by atoms with Gasteiger partial charge in [0.05, 0.1) is 5.69 Å². The van der Waals surface area contributed by atoms with Gasteiger partial charge in [0.25, 0.3) is 0 Å². The molecule has 0 radical (unpaired) electrons. The van der Waals surface area contributed by atoms with Crippen LogP contribution >= 0.6 is 11.3 Å². The second-order valence-electron chi connectivity index (χ2n) is 3.86. The average Bonchev–Trinajstić information content (AvgIpc) is 3.10. The van der Waals surface area contributed by atoms with Crippen molar-refractivity contribution >= 4 is 17.3 Å². The Kier molecular flexibility index (Phi) is 3.18. The number of hydrogen-bond acceptors (Lipinski definition) is 5. The monoisotopic (exact) mass is 287 g/mol. The largest absolute Gasteiger partial charge is 0.477 e. The molecule has 0 aliphatic rings. The number of thiophene rings is 1. The molecule has 0 spiro atoms. The van der Waals surface area contributed by atoms with E-state index in [1.54, 1.807) is 10.1 Å². The van der Waals surface area contributed by atoms with E-state index in [0.717, 1.165) is 17.0 Å². The summed E-state index contributed by atoms with van der Waals surface area (Å²) >= 11 is 1.09. The van der Waals surface area contributed by atoms with E-state index in [9.17, 15) is 4.79 Å². The minimum atomic E-state index is -0.979. The zero-order valence-electron chi connectivity index (χ0n) is 10.1. The Morgan fingerprint density at radius 1 is 1.30 bits per heavy atom. The minimum absolute atomic E-state index is 0.170. The van der Waals surface area contributed by atoms with Crippen LogP contribution in [0, 0.1) is 0 Å². The third-order valence-corrected chi connectivity index (χ3v) is 3.38. The molecule has 1 aromatic carbocycles. The number of carboxylic acid groups (broad SMARTS) is 1. The molecule has 20 heavy (non-hydrogen) atoms. The fraction of sp³-hybridized carbons (Fsp3) is 0. The highest BCUT2D eigenvalue weighted by Gasteiger charge is 2.10. The molecule has 0 aliphatic heterocycles. The van der Waals surface area contributed by atoms with Crippen LogP contribution in [-0.4, -0.2) is 25.8 Å². The molecule has 0 saturated heterocycles. The quantitative estimate of drug-likeness (QED) is 0.798. The molecule has 0 aliphatic carbocycles. The molecular weight excluding hydrogens is 278 g/mol. The Morgan fingerprint density at radius 3 is 2.80 bits per heavy atom. The van der Waals surface area contributed by atoms with E-state index in [-0.39, 0.29) is 10.9 Å². The molecule has 100 valence electrons. The highest BCUT2D eigenvalue weighted by Crippen LogP contribution is 2.25. The van der Waals surface area contributed by atoms with Crippen LogP contribution < -0.4 is 4.74 Å². The maximum absolute atomic E-state index is 10.8. The third kappa shape index (κ3) is 2.52. The van der Waals surface area contributed by atoms with Crippen LogP contribution in [0.25, 0.3) is 5.69 Å². The number of benzene rings is 1. The molecule has 1 N–H and O–H groups in total. The number of rotatable bonds is 4. The summed E-state index contributed by atoms with van der Waals surface area (Å²) in [5, 5.41) is 14.6. The van der Waals surface area contributed by atoms with Crippen molar-refractivity contribution in [1.82, 2.24) is 14.8 Å². The van der Waals surface area contributed by atoms with Crippen LogP contribution in [0.2, 0.25) is 0 Å². The van der Waals surface area contributed by atoms with Gasteiger partial charge in [0.15, 0.2) is 0 Å². The van der Waals surface area contributed by atoms with E-state index in [2.05, 4.69) is 10.1 Å². The van der Waals surface area contributed by atoms with Gasteiger partial charge in [0, 0.05) is 11.4 Å². The van der Waals surface area contributed by atoms with E-state index < -0.39 is 5.97 Å². The molecule has 2 heterocycles. The lowest BCUT2D eigenvalue weighted by Crippen LogP contribution is -1.94. The first-order valence-corrected chi connectivity index (χ1v) is 6.57. The highest BCUT2D eigenvalue weighted by atomic mass is 32.1. The van der Waals surface area contributed by atoms with Crippen LogP contribution in [-0.2, 0) is 0 Å². The second kappa shape index (κ2) is 5.14. The van der Waals surface area contributed by atoms with Crippen LogP contribution in [0.1, 0.15) is 9.67 Å². The number of carboxylic acids is 1. The summed E-state index contributed by atoms with van der Waals surface area (Å²) in [7, 11) is 0. The van der Waals surface area contributed by atoms with Crippen molar-refractivity contribution in [3.05, 3.63) is 53.0 Å². The van der Waals surface area contributed by atoms with Gasteiger partial charge in [-0.1, -0.05) is 18.2 Å². The Bertz CT molecular complexity index is 736. The molecule has 0 fully saturated rings. The zero-order chi connectivity index (χ0) is 13.9. The molecule has 3 rings (SSSR count). The number of nitrogens with zero attached hydrogens (tertiary/aromatic N) is 3. The van der Waals surface area contributed by atoms with E-state index in [4.69, 9.17) is 9.84 Å². The van der Waals surface area contributed by atoms with Crippen LogP contribution in [0.3, 0.4) is 0 Å². The number of para-hydroxylation sites is 1. The van der Waals surface area contributed by atoms with Crippen molar-refractivity contribution in [3.8, 4) is 17.4 Å². The summed E-state index contributed by atoms with van der Waals surface area (Å²) in [5.74, 6) is -0.564. The molecule has 0 unspecified atom stereocenters. The van der Waals surface area contributed by atoms with Gasteiger partial charge < -0.3 is 9.84 Å². The van der Waals surface area contributed by atoms with Gasteiger partial charge in [-0.15, -0.1) is 16.4 Å². The van der Waals surface area contributed by atoms with Crippen molar-refractivity contribution in [2.45, 2.75) is 0 Å². The lowest BCUT2D eigenvalue weighted by Gasteiger charge is -1.98. The SMILES string of the molecule is O=C(O)c1cc(Oc2ncn(-c3ccccc3)n2)cs1. The van der Waals surface area contributed by atoms with Gasteiger partial charge in [0.2, 0.25) is 0 Å². The lowest BCUT2D eigenvalue weighted by molar-refractivity contribution is 0.0702. The van der Waals surface area contributed by atoms with Gasteiger partial charge in [0.1, 0.15) is 17.0 Å². The number of aromatic nitrogens is 3. The number of ether oxygens (including phenoxy) is 1. The molecule has 0 atom stereocenters. The first kappa shape index (κ1) is 12.4. The maximum atomic E-state index is 10.8. The molecule has 7 heteroatoms. The van der Waals surface area contributed by atoms with Gasteiger partial charge in [-0.2, -0.15) is 4.98 Å². The molecule has 0 amide bonds. The number of carbonyl (C=O) groups is 1. The van der Waals surface area contributed by atoms with Crippen molar-refractivity contribution in [3.63, 3.8) is 0 Å². The first-order valence-electron chi connectivity index (χ1n) is 5.69. The standard InChI is InChI=1S/C13H9N3O3S/c17-12(18)11-6-10(7-20-11)19-13-14-8-16(15-13)9-4-2-1-3-5-9/h1-8H,(H,17,18). The summed E-state index contributed by atoms with van der Waals surface area (Å²) in [5.41, 5.74) is 0.867. The van der Waals surface area contributed by atoms with Crippen LogP contribution in [0.5, 0.6) is 11.8 Å². The Morgan fingerprint density at radius 2 is 2.10 bits per heavy atom. The van der Waals surface area contributed by atoms with Gasteiger partial charge >= 0.3 is 12.0 Å². The lowest BCUT2D eigenvalue weighted by atomic mass is 10.3. The Hall–Kier alpha value is -2.67. The van der Waals surface area contributed by atoms with E-state index in [1.807, 2.05) is 30.3 Å². The number of hydrogen-bond donors (Lipinski definition) is 1. The van der Waals surface area contributed by atoms with Crippen molar-refractivity contribution < 1.29 is 14.6 Å². The van der Waals surface area contributed by atoms with E-state index in [1.165, 1.54) is 12.4 Å². The van der Waals surface area contributed by atoms with Crippen LogP contribution in [0.4, 0.5) is 0 Å². The summed E-state index contributed by atoms with van der Waals surface area (Å²) in [6.45, 7) is 0. The average molecular weight is 287 g/mol. The van der Waals surface area contributed by atoms with Crippen LogP contribution in [0.15, 0.2) is 48.1 Å². The normalized spacial score (nSPS) is 10.4. The zero-order valence-corrected chi connectivity index (χ0v) is 10.9. The number of aromatic carboxylic acids is 1. The second-order valence-corrected chi connectivity index (χ2v) is 4.77. The molecule has 3 aromatic rings. The summed E-state index contributed by atoms with van der Waals surface area (Å²) in [6.07, 6.45) is 1.54. The predicted octanol–water partition coefficient (Wildman–Crippen LogP) is 2.82. The minimum Gasteiger partial charge on any atom is -0.477 e. The first-order chi connectivity index (χ1) is 9.72. The van der Waals surface area contributed by atoms with Gasteiger partial charge in [-0.05, 0) is 12.1 Å². The smallest absolute Gasteiger partial charge is 0.346 e. The Balaban J connectivity index is 1.78. The summed E-state index contributed by atoms with van der Waals surface area (Å²) < 4.78 is 7.00. The predicted molar refractivity (Wildman–Crippen MR) is 72.7 cm³/mol. The molecule has 0 saturated carbocycles. The van der Waals surface area contributed by atoms with Crippen molar-refractivity contribution in [2.75, 3.05) is 0 Å². The summed E-state index contributed by atoms with van der Waals surface area (Å²) in [6, 6.07) is 11.1. The third-order valence-electron chi connectivity index (χ3n) is 2.49. The molecule has 0 bridgehead atoms. The Labute approximate surface area is 117 Å². The topological polar surface area (TPSA) is 77.2 Å². The molecular formula is C13H9N3O3S.